The molecule has 0 fully saturated rings. The molecule has 0 amide bonds. The summed E-state index contributed by atoms with van der Waals surface area (Å²) in [6.07, 6.45) is 3.47. The Kier molecular flexibility index (Phi) is 7.38. The molecule has 0 aromatic heterocycles. The topological polar surface area (TPSA) is 58.9 Å². The van der Waals surface area contributed by atoms with Crippen LogP contribution in [0.15, 0.2) is 84.9 Å². The highest BCUT2D eigenvalue weighted by molar-refractivity contribution is 5.76. The van der Waals surface area contributed by atoms with Crippen molar-refractivity contribution < 1.29 is 19.7 Å². The summed E-state index contributed by atoms with van der Waals surface area (Å²) in [6.45, 7) is 0. The van der Waals surface area contributed by atoms with Gasteiger partial charge in [0, 0.05) is 11.1 Å². The molecule has 0 aliphatic heterocycles. The van der Waals surface area contributed by atoms with Gasteiger partial charge in [-0.1, -0.05) is 36.4 Å². The normalized spacial score (nSPS) is 10.8. The van der Waals surface area contributed by atoms with Gasteiger partial charge in [-0.05, 0) is 96.5 Å². The van der Waals surface area contributed by atoms with E-state index in [0.717, 1.165) is 59.4 Å². The van der Waals surface area contributed by atoms with Crippen LogP contribution in [0.1, 0.15) is 22.3 Å². The number of methoxy groups -OCH3 is 2. The van der Waals surface area contributed by atoms with Gasteiger partial charge < -0.3 is 19.7 Å². The number of aromatic hydroxyl groups is 2. The monoisotopic (exact) mass is 454 g/mol. The number of hydrogen-bond donors (Lipinski definition) is 2. The molecule has 4 aromatic rings. The third-order valence-electron chi connectivity index (χ3n) is 6.12. The first kappa shape index (κ1) is 23.2. The molecular weight excluding hydrogens is 424 g/mol. The van der Waals surface area contributed by atoms with Crippen molar-refractivity contribution in [2.75, 3.05) is 14.2 Å². The van der Waals surface area contributed by atoms with Gasteiger partial charge in [-0.25, -0.2) is 0 Å². The average molecular weight is 455 g/mol. The van der Waals surface area contributed by atoms with E-state index in [2.05, 4.69) is 30.3 Å². The van der Waals surface area contributed by atoms with E-state index in [-0.39, 0.29) is 11.5 Å². The molecule has 34 heavy (non-hydrogen) atoms. The molecule has 0 aliphatic rings. The second kappa shape index (κ2) is 10.8. The molecule has 174 valence electrons. The fourth-order valence-electron chi connectivity index (χ4n) is 4.11. The van der Waals surface area contributed by atoms with Crippen LogP contribution in [0.2, 0.25) is 0 Å². The third-order valence-corrected chi connectivity index (χ3v) is 6.12. The Morgan fingerprint density at radius 3 is 1.62 bits per heavy atom. The van der Waals surface area contributed by atoms with Crippen molar-refractivity contribution in [2.45, 2.75) is 25.7 Å². The molecule has 0 aliphatic carbocycles. The molecule has 4 nitrogen and oxygen atoms in total. The Labute approximate surface area is 201 Å². The molecule has 0 radical (unpaired) electrons. The molecule has 0 saturated heterocycles. The number of ether oxygens (including phenoxy) is 2. The number of hydrogen-bond acceptors (Lipinski definition) is 4. The first-order valence-corrected chi connectivity index (χ1v) is 11.5. The van der Waals surface area contributed by atoms with Crippen LogP contribution in [0.25, 0.3) is 11.1 Å². The maximum atomic E-state index is 10.7. The zero-order valence-electron chi connectivity index (χ0n) is 19.6. The number of phenolic OH excluding ortho intramolecular Hbond substituents is 2. The fourth-order valence-corrected chi connectivity index (χ4v) is 4.11. The average Bonchev–Trinajstić information content (AvgIpc) is 2.88. The number of aryl methyl sites for hydroxylation is 4. The van der Waals surface area contributed by atoms with Crippen molar-refractivity contribution in [3.63, 3.8) is 0 Å². The Morgan fingerprint density at radius 1 is 0.529 bits per heavy atom. The van der Waals surface area contributed by atoms with Crippen LogP contribution in [0, 0.1) is 0 Å². The summed E-state index contributed by atoms with van der Waals surface area (Å²) in [6, 6.07) is 27.4. The lowest BCUT2D eigenvalue weighted by molar-refractivity contribution is 0.414. The van der Waals surface area contributed by atoms with Crippen molar-refractivity contribution in [3.8, 4) is 34.1 Å². The Balaban J connectivity index is 1.54. The fraction of sp³-hybridized carbons (Fsp3) is 0.200. The van der Waals surface area contributed by atoms with E-state index in [4.69, 9.17) is 9.47 Å². The van der Waals surface area contributed by atoms with E-state index in [1.165, 1.54) is 11.1 Å². The summed E-state index contributed by atoms with van der Waals surface area (Å²) in [4.78, 5) is 0. The molecule has 0 spiro atoms. The molecule has 0 atom stereocenters. The van der Waals surface area contributed by atoms with E-state index < -0.39 is 0 Å². The van der Waals surface area contributed by atoms with Crippen molar-refractivity contribution in [1.82, 2.24) is 0 Å². The van der Waals surface area contributed by atoms with Gasteiger partial charge in [-0.15, -0.1) is 0 Å². The van der Waals surface area contributed by atoms with Crippen molar-refractivity contribution >= 4 is 0 Å². The molecule has 4 heteroatoms. The highest BCUT2D eigenvalue weighted by Crippen LogP contribution is 2.37. The summed E-state index contributed by atoms with van der Waals surface area (Å²) >= 11 is 0. The quantitative estimate of drug-likeness (QED) is 0.309. The SMILES string of the molecule is COc1ccc(CCc2ccc(O)c(-c3cc(CCc4ccc(O)cc4)ccc3OC)c2)cc1. The van der Waals surface area contributed by atoms with Crippen LogP contribution in [0.4, 0.5) is 0 Å². The molecular formula is C30H30O4. The summed E-state index contributed by atoms with van der Waals surface area (Å²) in [5.41, 5.74) is 6.37. The van der Waals surface area contributed by atoms with Crippen molar-refractivity contribution in [3.05, 3.63) is 107 Å². The van der Waals surface area contributed by atoms with Crippen LogP contribution in [-0.2, 0) is 25.7 Å². The standard InChI is InChI=1S/C30H30O4/c1-33-26-15-9-22(10-16-26)4-5-23-11-17-29(32)27(19-23)28-20-24(12-18-30(28)34-2)6-3-21-7-13-25(31)14-8-21/h7-20,31-32H,3-6H2,1-2H3. The van der Waals surface area contributed by atoms with Gasteiger partial charge in [0.25, 0.3) is 0 Å². The third kappa shape index (κ3) is 5.70. The summed E-state index contributed by atoms with van der Waals surface area (Å²) in [5.74, 6) is 2.10. The summed E-state index contributed by atoms with van der Waals surface area (Å²) in [5, 5.41) is 20.2. The van der Waals surface area contributed by atoms with Crippen LogP contribution in [-0.4, -0.2) is 24.4 Å². The van der Waals surface area contributed by atoms with Crippen LogP contribution < -0.4 is 9.47 Å². The van der Waals surface area contributed by atoms with Crippen molar-refractivity contribution in [1.29, 1.82) is 0 Å². The van der Waals surface area contributed by atoms with Gasteiger partial charge in [-0.2, -0.15) is 0 Å². The van der Waals surface area contributed by atoms with Gasteiger partial charge in [-0.3, -0.25) is 0 Å². The lowest BCUT2D eigenvalue weighted by atomic mass is 9.95. The Morgan fingerprint density at radius 2 is 1.03 bits per heavy atom. The minimum atomic E-state index is 0.238. The lowest BCUT2D eigenvalue weighted by Gasteiger charge is -2.14. The maximum Gasteiger partial charge on any atom is 0.126 e. The van der Waals surface area contributed by atoms with E-state index in [1.54, 1.807) is 32.4 Å². The van der Waals surface area contributed by atoms with E-state index in [9.17, 15) is 10.2 Å². The predicted octanol–water partition coefficient (Wildman–Crippen LogP) is 6.35. The molecule has 0 saturated carbocycles. The van der Waals surface area contributed by atoms with Gasteiger partial charge >= 0.3 is 0 Å². The van der Waals surface area contributed by atoms with Crippen molar-refractivity contribution in [2.24, 2.45) is 0 Å². The van der Waals surface area contributed by atoms with E-state index in [1.807, 2.05) is 36.4 Å². The minimum absolute atomic E-state index is 0.238. The highest BCUT2D eigenvalue weighted by atomic mass is 16.5. The van der Waals surface area contributed by atoms with Gasteiger partial charge in [0.05, 0.1) is 14.2 Å². The second-order valence-corrected chi connectivity index (χ2v) is 8.40. The first-order valence-electron chi connectivity index (χ1n) is 11.5. The zero-order chi connectivity index (χ0) is 23.9. The molecule has 0 unspecified atom stereocenters. The predicted molar refractivity (Wildman–Crippen MR) is 136 cm³/mol. The van der Waals surface area contributed by atoms with Crippen LogP contribution in [0.5, 0.6) is 23.0 Å². The number of rotatable bonds is 9. The lowest BCUT2D eigenvalue weighted by Crippen LogP contribution is -1.96. The zero-order valence-corrected chi connectivity index (χ0v) is 19.6. The smallest absolute Gasteiger partial charge is 0.126 e. The Hall–Kier alpha value is -3.92. The van der Waals surface area contributed by atoms with Gasteiger partial charge in [0.2, 0.25) is 0 Å². The molecule has 4 rings (SSSR count). The number of benzene rings is 4. The highest BCUT2D eigenvalue weighted by Gasteiger charge is 2.13. The molecule has 0 heterocycles. The van der Waals surface area contributed by atoms with E-state index >= 15 is 0 Å². The minimum Gasteiger partial charge on any atom is -0.508 e. The van der Waals surface area contributed by atoms with Gasteiger partial charge in [0.15, 0.2) is 0 Å². The summed E-state index contributed by atoms with van der Waals surface area (Å²) < 4.78 is 10.9. The van der Waals surface area contributed by atoms with E-state index in [0.29, 0.717) is 0 Å². The number of phenols is 2. The molecule has 4 aromatic carbocycles. The Bertz CT molecular complexity index is 1230. The molecule has 2 N–H and O–H groups in total. The first-order chi connectivity index (χ1) is 16.6. The maximum absolute atomic E-state index is 10.7. The van der Waals surface area contributed by atoms with Crippen LogP contribution >= 0.6 is 0 Å². The second-order valence-electron chi connectivity index (χ2n) is 8.40. The largest absolute Gasteiger partial charge is 0.508 e. The summed E-state index contributed by atoms with van der Waals surface area (Å²) in [7, 11) is 3.32. The van der Waals surface area contributed by atoms with Crippen LogP contribution in [0.3, 0.4) is 0 Å². The van der Waals surface area contributed by atoms with Gasteiger partial charge in [0.1, 0.15) is 23.0 Å². The molecule has 0 bridgehead atoms.